The van der Waals surface area contributed by atoms with Crippen LogP contribution in [0.2, 0.25) is 0 Å². The molecule has 118 valence electrons. The highest BCUT2D eigenvalue weighted by molar-refractivity contribution is 5.68. The Bertz CT molecular complexity index is 729. The van der Waals surface area contributed by atoms with E-state index in [2.05, 4.69) is 15.0 Å². The van der Waals surface area contributed by atoms with Gasteiger partial charge in [0.1, 0.15) is 24.1 Å². The molecule has 2 aromatic heterocycles. The summed E-state index contributed by atoms with van der Waals surface area (Å²) in [4.78, 5) is 21.1. The number of imidazole rings is 1. The van der Waals surface area contributed by atoms with Crippen LogP contribution in [0.3, 0.4) is 0 Å². The summed E-state index contributed by atoms with van der Waals surface area (Å²) >= 11 is 0. The minimum atomic E-state index is -1.20. The molecular formula is C12H15N5O5. The van der Waals surface area contributed by atoms with Gasteiger partial charge in [-0.05, 0) is 0 Å². The largest absolute Gasteiger partial charge is 0.394 e. The van der Waals surface area contributed by atoms with E-state index >= 15 is 0 Å². The van der Waals surface area contributed by atoms with E-state index in [0.717, 1.165) is 0 Å². The number of nitrogen functional groups attached to an aromatic ring is 1. The molecule has 22 heavy (non-hydrogen) atoms. The van der Waals surface area contributed by atoms with Gasteiger partial charge in [0.25, 0.3) is 0 Å². The molecule has 0 aromatic carbocycles. The van der Waals surface area contributed by atoms with Gasteiger partial charge in [0.15, 0.2) is 6.23 Å². The molecule has 3 rings (SSSR count). The van der Waals surface area contributed by atoms with E-state index < -0.39 is 36.8 Å². The Kier molecular flexibility index (Phi) is 3.66. The molecular weight excluding hydrogens is 294 g/mol. The zero-order chi connectivity index (χ0) is 15.9. The minimum absolute atomic E-state index is 0.117. The summed E-state index contributed by atoms with van der Waals surface area (Å²) in [5.41, 5.74) is 5.98. The first-order valence-corrected chi connectivity index (χ1v) is 6.52. The lowest BCUT2D eigenvalue weighted by Gasteiger charge is -2.15. The van der Waals surface area contributed by atoms with Crippen LogP contribution in [-0.4, -0.2) is 59.8 Å². The number of nitrogens with zero attached hydrogens (tertiary/aromatic N) is 3. The minimum Gasteiger partial charge on any atom is -0.394 e. The zero-order valence-electron chi connectivity index (χ0n) is 11.3. The summed E-state index contributed by atoms with van der Waals surface area (Å²) in [6, 6.07) is 0. The average molecular weight is 309 g/mol. The molecule has 10 heteroatoms. The number of hydrogen-bond donors (Lipinski definition) is 5. The lowest BCUT2D eigenvalue weighted by Crippen LogP contribution is -2.33. The van der Waals surface area contributed by atoms with Gasteiger partial charge in [-0.3, -0.25) is 4.98 Å². The van der Waals surface area contributed by atoms with E-state index in [1.165, 1.54) is 23.3 Å². The van der Waals surface area contributed by atoms with E-state index in [9.17, 15) is 15.0 Å². The molecule has 0 bridgehead atoms. The van der Waals surface area contributed by atoms with Crippen molar-refractivity contribution in [2.45, 2.75) is 24.5 Å². The maximum absolute atomic E-state index is 11.1. The maximum Gasteiger partial charge on any atom is 0.346 e. The molecule has 0 spiro atoms. The van der Waals surface area contributed by atoms with Crippen molar-refractivity contribution in [3.05, 3.63) is 29.2 Å². The van der Waals surface area contributed by atoms with Crippen molar-refractivity contribution in [1.29, 1.82) is 0 Å². The Morgan fingerprint density at radius 1 is 1.36 bits per heavy atom. The molecule has 0 aliphatic carbocycles. The summed E-state index contributed by atoms with van der Waals surface area (Å²) in [7, 11) is 0. The van der Waals surface area contributed by atoms with Gasteiger partial charge >= 0.3 is 5.69 Å². The Hall–Kier alpha value is -2.27. The fourth-order valence-electron chi connectivity index (χ4n) is 2.35. The van der Waals surface area contributed by atoms with E-state index in [1.807, 2.05) is 0 Å². The first-order chi connectivity index (χ1) is 10.5. The molecule has 1 saturated heterocycles. The van der Waals surface area contributed by atoms with Crippen LogP contribution in [0.1, 0.15) is 6.23 Å². The smallest absolute Gasteiger partial charge is 0.346 e. The second kappa shape index (κ2) is 5.50. The summed E-state index contributed by atoms with van der Waals surface area (Å²) < 4.78 is 6.84. The maximum atomic E-state index is 11.1. The SMILES string of the molecule is Nc1[nH]c(=O)ncc1-c1cn([C@@H]2O[C@H](CO)[C@@H](O)[C@H]2O)cn1. The third kappa shape index (κ3) is 2.37. The van der Waals surface area contributed by atoms with Gasteiger partial charge in [-0.2, -0.15) is 0 Å². The molecule has 0 saturated carbocycles. The molecule has 0 amide bonds. The van der Waals surface area contributed by atoms with Gasteiger partial charge in [-0.15, -0.1) is 0 Å². The molecule has 0 unspecified atom stereocenters. The Morgan fingerprint density at radius 3 is 2.77 bits per heavy atom. The number of aliphatic hydroxyl groups excluding tert-OH is 3. The Balaban J connectivity index is 1.90. The van der Waals surface area contributed by atoms with Gasteiger partial charge in [0, 0.05) is 12.4 Å². The molecule has 1 aliphatic heterocycles. The number of aliphatic hydroxyl groups is 3. The van der Waals surface area contributed by atoms with Crippen molar-refractivity contribution >= 4 is 5.82 Å². The van der Waals surface area contributed by atoms with Crippen molar-refractivity contribution in [3.8, 4) is 11.3 Å². The van der Waals surface area contributed by atoms with Crippen LogP contribution in [-0.2, 0) is 4.74 Å². The molecule has 6 N–H and O–H groups in total. The third-order valence-corrected chi connectivity index (χ3v) is 3.53. The molecule has 1 fully saturated rings. The van der Waals surface area contributed by atoms with Crippen LogP contribution in [0.25, 0.3) is 11.3 Å². The van der Waals surface area contributed by atoms with Crippen LogP contribution < -0.4 is 11.4 Å². The normalized spacial score (nSPS) is 28.1. The third-order valence-electron chi connectivity index (χ3n) is 3.53. The van der Waals surface area contributed by atoms with Gasteiger partial charge in [-0.25, -0.2) is 14.8 Å². The van der Waals surface area contributed by atoms with Crippen molar-refractivity contribution in [2.24, 2.45) is 0 Å². The lowest BCUT2D eigenvalue weighted by molar-refractivity contribution is -0.0527. The van der Waals surface area contributed by atoms with Crippen molar-refractivity contribution in [3.63, 3.8) is 0 Å². The topological polar surface area (TPSA) is 160 Å². The molecule has 3 heterocycles. The number of aromatic nitrogens is 4. The summed E-state index contributed by atoms with van der Waals surface area (Å²) in [6.45, 7) is -0.410. The zero-order valence-corrected chi connectivity index (χ0v) is 11.3. The average Bonchev–Trinajstić information content (AvgIpc) is 3.06. The van der Waals surface area contributed by atoms with Crippen LogP contribution in [0, 0.1) is 0 Å². The first kappa shape index (κ1) is 14.7. The number of aromatic amines is 1. The molecule has 4 atom stereocenters. The van der Waals surface area contributed by atoms with Crippen molar-refractivity contribution in [2.75, 3.05) is 12.3 Å². The highest BCUT2D eigenvalue weighted by Gasteiger charge is 2.43. The Morgan fingerprint density at radius 2 is 2.14 bits per heavy atom. The monoisotopic (exact) mass is 309 g/mol. The number of rotatable bonds is 3. The van der Waals surface area contributed by atoms with Gasteiger partial charge in [-0.1, -0.05) is 0 Å². The van der Waals surface area contributed by atoms with Gasteiger partial charge in [0.05, 0.1) is 24.2 Å². The molecule has 1 aliphatic rings. The number of H-pyrrole nitrogens is 1. The highest BCUT2D eigenvalue weighted by Crippen LogP contribution is 2.30. The summed E-state index contributed by atoms with van der Waals surface area (Å²) in [5, 5.41) is 28.8. The van der Waals surface area contributed by atoms with Crippen LogP contribution in [0.5, 0.6) is 0 Å². The van der Waals surface area contributed by atoms with E-state index in [1.54, 1.807) is 0 Å². The fourth-order valence-corrected chi connectivity index (χ4v) is 2.35. The van der Waals surface area contributed by atoms with Crippen LogP contribution >= 0.6 is 0 Å². The van der Waals surface area contributed by atoms with Gasteiger partial charge < -0.3 is 30.4 Å². The summed E-state index contributed by atoms with van der Waals surface area (Å²) in [6.07, 6.45) is 0.0617. The number of hydrogen-bond acceptors (Lipinski definition) is 8. The number of nitrogens with two attached hydrogens (primary N) is 1. The fraction of sp³-hybridized carbons (Fsp3) is 0.417. The second-order valence-corrected chi connectivity index (χ2v) is 4.95. The van der Waals surface area contributed by atoms with Crippen molar-refractivity contribution in [1.82, 2.24) is 19.5 Å². The van der Waals surface area contributed by atoms with E-state index in [4.69, 9.17) is 15.6 Å². The quantitative estimate of drug-likeness (QED) is 0.428. The molecule has 10 nitrogen and oxygen atoms in total. The predicted octanol–water partition coefficient (Wildman–Crippen LogP) is -2.17. The highest BCUT2D eigenvalue weighted by atomic mass is 16.6. The number of anilines is 1. The van der Waals surface area contributed by atoms with Gasteiger partial charge in [0.2, 0.25) is 0 Å². The first-order valence-electron chi connectivity index (χ1n) is 6.52. The van der Waals surface area contributed by atoms with Crippen molar-refractivity contribution < 1.29 is 20.1 Å². The Labute approximate surface area is 123 Å². The van der Waals surface area contributed by atoms with E-state index in [-0.39, 0.29) is 5.82 Å². The second-order valence-electron chi connectivity index (χ2n) is 4.95. The number of ether oxygens (including phenoxy) is 1. The van der Waals surface area contributed by atoms with Crippen LogP contribution in [0.15, 0.2) is 23.5 Å². The standard InChI is InChI=1S/C12H15N5O5/c13-10-5(1-14-12(21)16-10)6-2-17(4-15-6)11-9(20)8(19)7(3-18)22-11/h1-2,4,7-9,11,18-20H,3H2,(H3,13,14,16,21)/t7-,8-,9-,11-/m1/s1. The predicted molar refractivity (Wildman–Crippen MR) is 73.5 cm³/mol. The van der Waals surface area contributed by atoms with Crippen LogP contribution in [0.4, 0.5) is 5.82 Å². The number of nitrogens with one attached hydrogen (secondary N) is 1. The van der Waals surface area contributed by atoms with E-state index in [0.29, 0.717) is 11.3 Å². The summed E-state index contributed by atoms with van der Waals surface area (Å²) in [5.74, 6) is 0.117. The molecule has 0 radical (unpaired) electrons. The lowest BCUT2D eigenvalue weighted by atomic mass is 10.1. The molecule has 2 aromatic rings.